The first kappa shape index (κ1) is 13.3. The van der Waals surface area contributed by atoms with Crippen molar-refractivity contribution >= 4 is 5.78 Å². The van der Waals surface area contributed by atoms with Crippen LogP contribution in [-0.2, 0) is 4.79 Å². The van der Waals surface area contributed by atoms with Gasteiger partial charge in [0.25, 0.3) is 0 Å². The van der Waals surface area contributed by atoms with Gasteiger partial charge in [0.05, 0.1) is 6.67 Å². The molecule has 0 unspecified atom stereocenters. The first-order valence-electron chi connectivity index (χ1n) is 4.97. The van der Waals surface area contributed by atoms with Crippen molar-refractivity contribution in [2.45, 2.75) is 13.8 Å². The molecule has 0 atom stereocenters. The molecular formula is C11H22N2O. The van der Waals surface area contributed by atoms with Crippen LogP contribution in [-0.4, -0.2) is 49.9 Å². The average molecular weight is 198 g/mol. The third-order valence-corrected chi connectivity index (χ3v) is 1.79. The first-order chi connectivity index (χ1) is 6.43. The molecule has 3 heteroatoms. The molecule has 0 aliphatic carbocycles. The van der Waals surface area contributed by atoms with Crippen LogP contribution in [0.25, 0.3) is 0 Å². The molecule has 0 rings (SSSR count). The zero-order valence-corrected chi connectivity index (χ0v) is 9.95. The second-order valence-corrected chi connectivity index (χ2v) is 4.22. The van der Waals surface area contributed by atoms with E-state index in [0.29, 0.717) is 0 Å². The summed E-state index contributed by atoms with van der Waals surface area (Å²) in [6, 6.07) is 0. The molecule has 0 amide bonds. The van der Waals surface area contributed by atoms with E-state index in [0.717, 1.165) is 13.2 Å². The van der Waals surface area contributed by atoms with Gasteiger partial charge in [0.1, 0.15) is 0 Å². The maximum Gasteiger partial charge on any atom is 0.157 e. The van der Waals surface area contributed by atoms with Crippen molar-refractivity contribution in [2.24, 2.45) is 5.92 Å². The van der Waals surface area contributed by atoms with Crippen LogP contribution in [0.1, 0.15) is 13.8 Å². The molecule has 0 heterocycles. The summed E-state index contributed by atoms with van der Waals surface area (Å²) in [5, 5.41) is 0. The molecule has 0 fully saturated rings. The Hall–Kier alpha value is -0.670. The summed E-state index contributed by atoms with van der Waals surface area (Å²) in [5.41, 5.74) is 0. The van der Waals surface area contributed by atoms with Crippen molar-refractivity contribution in [1.82, 2.24) is 9.80 Å². The highest BCUT2D eigenvalue weighted by Gasteiger charge is 2.01. The Bertz CT molecular complexity index is 197. The highest BCUT2D eigenvalue weighted by atomic mass is 16.1. The van der Waals surface area contributed by atoms with E-state index >= 15 is 0 Å². The summed E-state index contributed by atoms with van der Waals surface area (Å²) >= 11 is 0. The summed E-state index contributed by atoms with van der Waals surface area (Å²) in [5.74, 6) is 0.300. The summed E-state index contributed by atoms with van der Waals surface area (Å²) in [6.45, 7) is 5.54. The Balaban J connectivity index is 3.76. The van der Waals surface area contributed by atoms with E-state index in [4.69, 9.17) is 0 Å². The standard InChI is InChI=1S/C11H22N2O/c1-10(2)11(14)7-6-8-13(5)9-12(3)4/h6-7,10H,8-9H2,1-5H3/b7-6+. The smallest absolute Gasteiger partial charge is 0.157 e. The summed E-state index contributed by atoms with van der Waals surface area (Å²) in [6.07, 6.45) is 3.60. The number of nitrogens with zero attached hydrogens (tertiary/aromatic N) is 2. The van der Waals surface area contributed by atoms with Gasteiger partial charge in [-0.25, -0.2) is 0 Å². The molecule has 0 radical (unpaired) electrons. The zero-order valence-electron chi connectivity index (χ0n) is 9.95. The molecule has 0 spiro atoms. The van der Waals surface area contributed by atoms with E-state index in [9.17, 15) is 4.79 Å². The van der Waals surface area contributed by atoms with Crippen molar-refractivity contribution < 1.29 is 4.79 Å². The minimum atomic E-state index is 0.102. The number of rotatable bonds is 6. The normalized spacial score (nSPS) is 12.3. The van der Waals surface area contributed by atoms with Gasteiger partial charge in [0, 0.05) is 12.5 Å². The monoisotopic (exact) mass is 198 g/mol. The highest BCUT2D eigenvalue weighted by molar-refractivity contribution is 5.91. The molecule has 0 bridgehead atoms. The summed E-state index contributed by atoms with van der Waals surface area (Å²) < 4.78 is 0. The second kappa shape index (κ2) is 6.74. The largest absolute Gasteiger partial charge is 0.297 e. The summed E-state index contributed by atoms with van der Waals surface area (Å²) in [7, 11) is 6.09. The van der Waals surface area contributed by atoms with Gasteiger partial charge in [0.2, 0.25) is 0 Å². The van der Waals surface area contributed by atoms with Gasteiger partial charge in [-0.15, -0.1) is 0 Å². The van der Waals surface area contributed by atoms with E-state index in [1.807, 2.05) is 41.1 Å². The number of hydrogen-bond donors (Lipinski definition) is 0. The van der Waals surface area contributed by atoms with E-state index in [1.54, 1.807) is 6.08 Å². The topological polar surface area (TPSA) is 23.6 Å². The molecule has 82 valence electrons. The van der Waals surface area contributed by atoms with Gasteiger partial charge < -0.3 is 0 Å². The molecule has 0 N–H and O–H groups in total. The van der Waals surface area contributed by atoms with Crippen molar-refractivity contribution in [3.8, 4) is 0 Å². The molecule has 3 nitrogen and oxygen atoms in total. The Morgan fingerprint density at radius 1 is 1.29 bits per heavy atom. The molecule has 0 saturated heterocycles. The van der Waals surface area contributed by atoms with E-state index in [2.05, 4.69) is 9.80 Å². The van der Waals surface area contributed by atoms with Crippen molar-refractivity contribution in [3.05, 3.63) is 12.2 Å². The fourth-order valence-corrected chi connectivity index (χ4v) is 1.08. The lowest BCUT2D eigenvalue weighted by molar-refractivity contribution is -0.117. The van der Waals surface area contributed by atoms with Crippen LogP contribution in [0.15, 0.2) is 12.2 Å². The van der Waals surface area contributed by atoms with Crippen molar-refractivity contribution in [2.75, 3.05) is 34.4 Å². The summed E-state index contributed by atoms with van der Waals surface area (Å²) in [4.78, 5) is 15.5. The predicted octanol–water partition coefficient (Wildman–Crippen LogP) is 1.22. The van der Waals surface area contributed by atoms with Gasteiger partial charge in [-0.1, -0.05) is 19.9 Å². The van der Waals surface area contributed by atoms with Gasteiger partial charge in [0.15, 0.2) is 5.78 Å². The fourth-order valence-electron chi connectivity index (χ4n) is 1.08. The predicted molar refractivity (Wildman–Crippen MR) is 60.2 cm³/mol. The number of carbonyl (C=O) groups excluding carboxylic acids is 1. The number of likely N-dealkylation sites (N-methyl/N-ethyl adjacent to an activating group) is 1. The van der Waals surface area contributed by atoms with Crippen LogP contribution in [0.2, 0.25) is 0 Å². The van der Waals surface area contributed by atoms with E-state index < -0.39 is 0 Å². The van der Waals surface area contributed by atoms with Crippen molar-refractivity contribution in [3.63, 3.8) is 0 Å². The second-order valence-electron chi connectivity index (χ2n) is 4.22. The van der Waals surface area contributed by atoms with Gasteiger partial charge in [-0.3, -0.25) is 14.6 Å². The lowest BCUT2D eigenvalue weighted by atomic mass is 10.1. The van der Waals surface area contributed by atoms with Gasteiger partial charge in [-0.05, 0) is 27.2 Å². The Morgan fingerprint density at radius 3 is 2.29 bits per heavy atom. The van der Waals surface area contributed by atoms with Crippen LogP contribution >= 0.6 is 0 Å². The molecular weight excluding hydrogens is 176 g/mol. The Morgan fingerprint density at radius 2 is 1.86 bits per heavy atom. The van der Waals surface area contributed by atoms with Crippen LogP contribution in [0, 0.1) is 5.92 Å². The maximum atomic E-state index is 11.2. The molecule has 0 aromatic carbocycles. The number of carbonyl (C=O) groups is 1. The SMILES string of the molecule is CC(C)C(=O)/C=C/CN(C)CN(C)C. The minimum absolute atomic E-state index is 0.102. The molecule has 0 aromatic rings. The van der Waals surface area contributed by atoms with Crippen molar-refractivity contribution in [1.29, 1.82) is 0 Å². The van der Waals surface area contributed by atoms with Crippen LogP contribution in [0.4, 0.5) is 0 Å². The maximum absolute atomic E-state index is 11.2. The lowest BCUT2D eigenvalue weighted by Crippen LogP contribution is -2.30. The molecule has 0 aliphatic rings. The molecule has 0 aliphatic heterocycles. The Kier molecular flexibility index (Phi) is 6.41. The molecule has 0 aromatic heterocycles. The van der Waals surface area contributed by atoms with E-state index in [-0.39, 0.29) is 11.7 Å². The van der Waals surface area contributed by atoms with Crippen LogP contribution in [0.5, 0.6) is 0 Å². The highest BCUT2D eigenvalue weighted by Crippen LogP contribution is 1.95. The molecule has 0 saturated carbocycles. The molecule has 14 heavy (non-hydrogen) atoms. The minimum Gasteiger partial charge on any atom is -0.297 e. The third-order valence-electron chi connectivity index (χ3n) is 1.79. The third kappa shape index (κ3) is 6.80. The first-order valence-corrected chi connectivity index (χ1v) is 4.97. The number of hydrogen-bond acceptors (Lipinski definition) is 3. The van der Waals surface area contributed by atoms with Gasteiger partial charge >= 0.3 is 0 Å². The van der Waals surface area contributed by atoms with Crippen LogP contribution in [0.3, 0.4) is 0 Å². The van der Waals surface area contributed by atoms with Crippen LogP contribution < -0.4 is 0 Å². The number of ketones is 1. The quantitative estimate of drug-likeness (QED) is 0.473. The van der Waals surface area contributed by atoms with Gasteiger partial charge in [-0.2, -0.15) is 0 Å². The fraction of sp³-hybridized carbons (Fsp3) is 0.727. The Labute approximate surface area is 87.4 Å². The average Bonchev–Trinajstić information content (AvgIpc) is 2.02. The number of allylic oxidation sites excluding steroid dienone is 1. The lowest BCUT2D eigenvalue weighted by Gasteiger charge is -2.19. The van der Waals surface area contributed by atoms with E-state index in [1.165, 1.54) is 0 Å². The zero-order chi connectivity index (χ0) is 11.1.